The van der Waals surface area contributed by atoms with Crippen LogP contribution in [-0.4, -0.2) is 29.0 Å². The molecule has 1 aromatic carbocycles. The molecule has 1 N–H and O–H groups in total. The van der Waals surface area contributed by atoms with Crippen molar-refractivity contribution in [3.8, 4) is 11.5 Å². The SMILES string of the molecule is COc1ccc(C)cc1NC(=O)[C@@H](C)Oc1ccc(C)nc1[N+](=O)[O-]. The normalized spacial score (nSPS) is 11.5. The molecule has 0 unspecified atom stereocenters. The Morgan fingerprint density at radius 1 is 1.24 bits per heavy atom. The first-order valence-corrected chi connectivity index (χ1v) is 7.56. The van der Waals surface area contributed by atoms with Crippen molar-refractivity contribution in [3.63, 3.8) is 0 Å². The molecular formula is C17H19N3O5. The summed E-state index contributed by atoms with van der Waals surface area (Å²) in [6, 6.07) is 8.37. The first kappa shape index (κ1) is 18.2. The molecule has 25 heavy (non-hydrogen) atoms. The second kappa shape index (κ2) is 7.61. The van der Waals surface area contributed by atoms with Gasteiger partial charge in [0.25, 0.3) is 5.91 Å². The number of benzene rings is 1. The van der Waals surface area contributed by atoms with Gasteiger partial charge in [0.15, 0.2) is 6.10 Å². The summed E-state index contributed by atoms with van der Waals surface area (Å²) in [5.74, 6) is -0.435. The van der Waals surface area contributed by atoms with E-state index in [0.717, 1.165) is 5.56 Å². The number of anilines is 1. The number of nitro groups is 1. The van der Waals surface area contributed by atoms with Crippen LogP contribution in [0.2, 0.25) is 0 Å². The van der Waals surface area contributed by atoms with Gasteiger partial charge in [0.05, 0.1) is 12.8 Å². The fraction of sp³-hybridized carbons (Fsp3) is 0.294. The first-order chi connectivity index (χ1) is 11.8. The van der Waals surface area contributed by atoms with E-state index in [9.17, 15) is 14.9 Å². The van der Waals surface area contributed by atoms with Crippen molar-refractivity contribution < 1.29 is 19.2 Å². The summed E-state index contributed by atoms with van der Waals surface area (Å²) in [7, 11) is 1.50. The third-order valence-electron chi connectivity index (χ3n) is 3.44. The second-order valence-electron chi connectivity index (χ2n) is 5.48. The molecule has 8 heteroatoms. The van der Waals surface area contributed by atoms with Gasteiger partial charge in [-0.2, -0.15) is 0 Å². The van der Waals surface area contributed by atoms with E-state index in [0.29, 0.717) is 17.1 Å². The van der Waals surface area contributed by atoms with Crippen LogP contribution in [0, 0.1) is 24.0 Å². The summed E-state index contributed by atoms with van der Waals surface area (Å²) >= 11 is 0. The number of methoxy groups -OCH3 is 1. The molecule has 1 aromatic heterocycles. The molecule has 0 fully saturated rings. The van der Waals surface area contributed by atoms with E-state index in [2.05, 4.69) is 10.3 Å². The topological polar surface area (TPSA) is 104 Å². The molecule has 8 nitrogen and oxygen atoms in total. The van der Waals surface area contributed by atoms with Gasteiger partial charge in [0, 0.05) is 6.92 Å². The van der Waals surface area contributed by atoms with Gasteiger partial charge in [-0.15, -0.1) is 0 Å². The molecule has 2 aromatic rings. The second-order valence-corrected chi connectivity index (χ2v) is 5.48. The van der Waals surface area contributed by atoms with Crippen molar-refractivity contribution in [3.05, 3.63) is 51.7 Å². The lowest BCUT2D eigenvalue weighted by Crippen LogP contribution is -2.30. The summed E-state index contributed by atoms with van der Waals surface area (Å²) in [5.41, 5.74) is 1.93. The van der Waals surface area contributed by atoms with Crippen LogP contribution in [0.15, 0.2) is 30.3 Å². The number of rotatable bonds is 6. The van der Waals surface area contributed by atoms with Gasteiger partial charge in [-0.1, -0.05) is 6.07 Å². The number of aromatic nitrogens is 1. The molecule has 0 saturated heterocycles. The maximum absolute atomic E-state index is 12.4. The highest BCUT2D eigenvalue weighted by molar-refractivity contribution is 5.95. The summed E-state index contributed by atoms with van der Waals surface area (Å²) in [4.78, 5) is 26.6. The molecule has 0 aliphatic heterocycles. The Kier molecular flexibility index (Phi) is 5.53. The van der Waals surface area contributed by atoms with Crippen LogP contribution in [0.1, 0.15) is 18.2 Å². The van der Waals surface area contributed by atoms with Gasteiger partial charge in [-0.3, -0.25) is 4.79 Å². The number of ether oxygens (including phenoxy) is 2. The molecule has 0 bridgehead atoms. The average molecular weight is 345 g/mol. The van der Waals surface area contributed by atoms with Crippen molar-refractivity contribution in [2.45, 2.75) is 26.9 Å². The lowest BCUT2D eigenvalue weighted by molar-refractivity contribution is -0.390. The summed E-state index contributed by atoms with van der Waals surface area (Å²) in [6.07, 6.45) is -0.964. The summed E-state index contributed by atoms with van der Waals surface area (Å²) < 4.78 is 10.7. The van der Waals surface area contributed by atoms with E-state index >= 15 is 0 Å². The summed E-state index contributed by atoms with van der Waals surface area (Å²) in [5, 5.41) is 13.8. The molecule has 132 valence electrons. The van der Waals surface area contributed by atoms with Crippen molar-refractivity contribution in [1.82, 2.24) is 4.98 Å². The van der Waals surface area contributed by atoms with Crippen LogP contribution < -0.4 is 14.8 Å². The monoisotopic (exact) mass is 345 g/mol. The highest BCUT2D eigenvalue weighted by Gasteiger charge is 2.23. The zero-order valence-electron chi connectivity index (χ0n) is 14.4. The minimum absolute atomic E-state index is 0.0607. The third kappa shape index (κ3) is 4.43. The highest BCUT2D eigenvalue weighted by atomic mass is 16.6. The van der Waals surface area contributed by atoms with E-state index < -0.39 is 22.8 Å². The largest absolute Gasteiger partial charge is 0.495 e. The zero-order valence-corrected chi connectivity index (χ0v) is 14.4. The molecular weight excluding hydrogens is 326 g/mol. The van der Waals surface area contributed by atoms with Gasteiger partial charge in [-0.05, 0) is 53.6 Å². The lowest BCUT2D eigenvalue weighted by atomic mass is 10.2. The van der Waals surface area contributed by atoms with Crippen molar-refractivity contribution in [2.75, 3.05) is 12.4 Å². The van der Waals surface area contributed by atoms with Crippen LogP contribution in [-0.2, 0) is 4.79 Å². The number of hydrogen-bond donors (Lipinski definition) is 1. The number of carbonyl (C=O) groups is 1. The maximum Gasteiger partial charge on any atom is 0.406 e. The van der Waals surface area contributed by atoms with Crippen LogP contribution in [0.3, 0.4) is 0 Å². The average Bonchev–Trinajstić information content (AvgIpc) is 2.56. The van der Waals surface area contributed by atoms with E-state index in [1.807, 2.05) is 13.0 Å². The Balaban J connectivity index is 2.17. The Morgan fingerprint density at radius 2 is 1.92 bits per heavy atom. The van der Waals surface area contributed by atoms with Gasteiger partial charge in [0.2, 0.25) is 5.75 Å². The molecule has 2 rings (SSSR count). The van der Waals surface area contributed by atoms with E-state index in [-0.39, 0.29) is 5.75 Å². The number of carbonyl (C=O) groups excluding carboxylic acids is 1. The third-order valence-corrected chi connectivity index (χ3v) is 3.44. The van der Waals surface area contributed by atoms with Gasteiger partial charge in [-0.25, -0.2) is 0 Å². The number of amides is 1. The van der Waals surface area contributed by atoms with Crippen molar-refractivity contribution >= 4 is 17.4 Å². The molecule has 0 saturated carbocycles. The minimum atomic E-state index is -0.964. The molecule has 1 atom stereocenters. The number of nitrogens with zero attached hydrogens (tertiary/aromatic N) is 2. The molecule has 0 radical (unpaired) electrons. The number of pyridine rings is 1. The van der Waals surface area contributed by atoms with Gasteiger partial charge < -0.3 is 24.9 Å². The predicted octanol–water partition coefficient (Wildman–Crippen LogP) is 3.02. The molecule has 0 aliphatic carbocycles. The Labute approximate surface area is 144 Å². The first-order valence-electron chi connectivity index (χ1n) is 7.56. The molecule has 0 spiro atoms. The van der Waals surface area contributed by atoms with E-state index in [1.54, 1.807) is 25.1 Å². The number of nitrogens with one attached hydrogen (secondary N) is 1. The number of hydrogen-bond acceptors (Lipinski definition) is 6. The molecule has 0 aliphatic rings. The highest BCUT2D eigenvalue weighted by Crippen LogP contribution is 2.27. The molecule has 1 amide bonds. The van der Waals surface area contributed by atoms with E-state index in [1.165, 1.54) is 20.1 Å². The fourth-order valence-electron chi connectivity index (χ4n) is 2.15. The smallest absolute Gasteiger partial charge is 0.406 e. The van der Waals surface area contributed by atoms with Gasteiger partial charge in [0.1, 0.15) is 11.4 Å². The lowest BCUT2D eigenvalue weighted by Gasteiger charge is -2.16. The van der Waals surface area contributed by atoms with Crippen molar-refractivity contribution in [1.29, 1.82) is 0 Å². The van der Waals surface area contributed by atoms with Crippen LogP contribution in [0.4, 0.5) is 11.5 Å². The van der Waals surface area contributed by atoms with E-state index in [4.69, 9.17) is 9.47 Å². The van der Waals surface area contributed by atoms with Gasteiger partial charge >= 0.3 is 5.82 Å². The predicted molar refractivity (Wildman–Crippen MR) is 92.1 cm³/mol. The Morgan fingerprint density at radius 3 is 2.56 bits per heavy atom. The Bertz CT molecular complexity index is 807. The summed E-state index contributed by atoms with van der Waals surface area (Å²) in [6.45, 7) is 5.02. The Hall–Kier alpha value is -3.16. The quantitative estimate of drug-likeness (QED) is 0.637. The van der Waals surface area contributed by atoms with Crippen molar-refractivity contribution in [2.24, 2.45) is 0 Å². The van der Waals surface area contributed by atoms with Crippen LogP contribution in [0.5, 0.6) is 11.5 Å². The van der Waals surface area contributed by atoms with Crippen LogP contribution >= 0.6 is 0 Å². The fourth-order valence-corrected chi connectivity index (χ4v) is 2.15. The standard InChI is InChI=1S/C17H19N3O5/c1-10-5-7-14(24-4)13(9-10)19-17(21)12(3)25-15-8-6-11(2)18-16(15)20(22)23/h5-9,12H,1-4H3,(H,19,21)/t12-/m1/s1. The maximum atomic E-state index is 12.4. The van der Waals surface area contributed by atoms with Crippen LogP contribution in [0.25, 0.3) is 0 Å². The zero-order chi connectivity index (χ0) is 18.6. The molecule has 1 heterocycles. The number of aryl methyl sites for hydroxylation is 2. The minimum Gasteiger partial charge on any atom is -0.495 e.